The third-order valence-corrected chi connectivity index (χ3v) is 6.60. The lowest BCUT2D eigenvalue weighted by atomic mass is 9.84. The van der Waals surface area contributed by atoms with Gasteiger partial charge in [-0.05, 0) is 36.6 Å². The van der Waals surface area contributed by atoms with Gasteiger partial charge < -0.3 is 10.1 Å². The third kappa shape index (κ3) is 5.65. The molecule has 1 atom stereocenters. The molecule has 0 bridgehead atoms. The normalized spacial score (nSPS) is 17.2. The zero-order valence-electron chi connectivity index (χ0n) is 16.9. The predicted molar refractivity (Wildman–Crippen MR) is 112 cm³/mol. The van der Waals surface area contributed by atoms with Crippen molar-refractivity contribution in [3.63, 3.8) is 0 Å². The van der Waals surface area contributed by atoms with Crippen molar-refractivity contribution < 1.29 is 17.9 Å². The first kappa shape index (κ1) is 21.5. The van der Waals surface area contributed by atoms with E-state index in [0.29, 0.717) is 18.7 Å². The van der Waals surface area contributed by atoms with E-state index in [2.05, 4.69) is 23.9 Å². The van der Waals surface area contributed by atoms with Crippen molar-refractivity contribution in [1.29, 1.82) is 0 Å². The molecule has 1 aliphatic heterocycles. The minimum atomic E-state index is -3.70. The molecular formula is C22H28N2O4S. The lowest BCUT2D eigenvalue weighted by Gasteiger charge is -2.25. The third-order valence-electron chi connectivity index (χ3n) is 5.18. The van der Waals surface area contributed by atoms with Gasteiger partial charge in [0.05, 0.1) is 11.0 Å². The van der Waals surface area contributed by atoms with Gasteiger partial charge >= 0.3 is 0 Å². The largest absolute Gasteiger partial charge is 0.377 e. The predicted octanol–water partition coefficient (Wildman–Crippen LogP) is 2.85. The van der Waals surface area contributed by atoms with E-state index in [9.17, 15) is 13.2 Å². The summed E-state index contributed by atoms with van der Waals surface area (Å²) in [6.45, 7) is 5.45. The molecule has 0 aliphatic carbocycles. The fraction of sp³-hybridized carbons (Fsp3) is 0.409. The summed E-state index contributed by atoms with van der Waals surface area (Å²) in [6.07, 6.45) is 1.71. The van der Waals surface area contributed by atoms with Crippen molar-refractivity contribution in [1.82, 2.24) is 10.0 Å². The van der Waals surface area contributed by atoms with E-state index < -0.39 is 10.0 Å². The van der Waals surface area contributed by atoms with Crippen LogP contribution in [0.4, 0.5) is 0 Å². The summed E-state index contributed by atoms with van der Waals surface area (Å²) in [5, 5.41) is 2.92. The molecule has 1 saturated heterocycles. The molecule has 2 aromatic carbocycles. The molecule has 29 heavy (non-hydrogen) atoms. The molecule has 1 heterocycles. The van der Waals surface area contributed by atoms with Crippen molar-refractivity contribution >= 4 is 15.9 Å². The fourth-order valence-electron chi connectivity index (χ4n) is 3.29. The van der Waals surface area contributed by atoms with Gasteiger partial charge in [-0.2, -0.15) is 0 Å². The standard InChI is InChI=1S/C22H28N2O4S/c1-22(2,18-9-4-3-5-10-18)16-23-21(25)17-8-6-12-20(14-17)29(26,27)24-15-19-11-7-13-28-19/h3-6,8-10,12,14,19,24H,7,11,13,15-16H2,1-2H3,(H,23,25). The SMILES string of the molecule is CC(C)(CNC(=O)c1cccc(S(=O)(=O)NCC2CCCO2)c1)c1ccccc1. The number of amides is 1. The van der Waals surface area contributed by atoms with E-state index in [0.717, 1.165) is 18.4 Å². The number of nitrogens with one attached hydrogen (secondary N) is 2. The summed E-state index contributed by atoms with van der Waals surface area (Å²) in [7, 11) is -3.70. The Balaban J connectivity index is 1.64. The van der Waals surface area contributed by atoms with Crippen molar-refractivity contribution in [2.45, 2.75) is 43.1 Å². The van der Waals surface area contributed by atoms with Crippen LogP contribution in [-0.2, 0) is 20.2 Å². The zero-order valence-corrected chi connectivity index (χ0v) is 17.7. The maximum Gasteiger partial charge on any atom is 0.251 e. The van der Waals surface area contributed by atoms with Gasteiger partial charge in [-0.3, -0.25) is 4.79 Å². The number of rotatable bonds is 8. The Morgan fingerprint density at radius 1 is 1.14 bits per heavy atom. The smallest absolute Gasteiger partial charge is 0.251 e. The van der Waals surface area contributed by atoms with Gasteiger partial charge in [0.25, 0.3) is 5.91 Å². The van der Waals surface area contributed by atoms with Gasteiger partial charge in [-0.15, -0.1) is 0 Å². The highest BCUT2D eigenvalue weighted by Crippen LogP contribution is 2.22. The molecule has 7 heteroatoms. The van der Waals surface area contributed by atoms with Crippen molar-refractivity contribution in [3.8, 4) is 0 Å². The maximum absolute atomic E-state index is 12.6. The summed E-state index contributed by atoms with van der Waals surface area (Å²) in [4.78, 5) is 12.7. The minimum Gasteiger partial charge on any atom is -0.377 e. The van der Waals surface area contributed by atoms with Crippen LogP contribution in [0.25, 0.3) is 0 Å². The van der Waals surface area contributed by atoms with Crippen LogP contribution in [0.2, 0.25) is 0 Å². The summed E-state index contributed by atoms with van der Waals surface area (Å²) in [6, 6.07) is 16.0. The summed E-state index contributed by atoms with van der Waals surface area (Å²) in [5.41, 5.74) is 1.19. The number of hydrogen-bond acceptors (Lipinski definition) is 4. The van der Waals surface area contributed by atoms with E-state index in [1.807, 2.05) is 30.3 Å². The van der Waals surface area contributed by atoms with E-state index in [-0.39, 0.29) is 28.9 Å². The first-order valence-corrected chi connectivity index (χ1v) is 11.3. The Morgan fingerprint density at radius 2 is 1.90 bits per heavy atom. The van der Waals surface area contributed by atoms with E-state index in [4.69, 9.17) is 4.74 Å². The molecule has 1 aliphatic rings. The summed E-state index contributed by atoms with van der Waals surface area (Å²) >= 11 is 0. The molecule has 1 fully saturated rings. The van der Waals surface area contributed by atoms with Crippen molar-refractivity contribution in [2.75, 3.05) is 19.7 Å². The van der Waals surface area contributed by atoms with Crippen LogP contribution in [0.3, 0.4) is 0 Å². The number of hydrogen-bond donors (Lipinski definition) is 2. The van der Waals surface area contributed by atoms with Crippen molar-refractivity contribution in [3.05, 3.63) is 65.7 Å². The monoisotopic (exact) mass is 416 g/mol. The molecule has 6 nitrogen and oxygen atoms in total. The second kappa shape index (κ2) is 9.07. The number of carbonyl (C=O) groups is 1. The minimum absolute atomic E-state index is 0.0745. The van der Waals surface area contributed by atoms with E-state index >= 15 is 0 Å². The van der Waals surface area contributed by atoms with Crippen LogP contribution in [0.1, 0.15) is 42.6 Å². The van der Waals surface area contributed by atoms with Crippen LogP contribution in [-0.4, -0.2) is 40.1 Å². The molecule has 1 amide bonds. The lowest BCUT2D eigenvalue weighted by Crippen LogP contribution is -2.36. The molecule has 156 valence electrons. The van der Waals surface area contributed by atoms with Gasteiger partial charge in [0, 0.05) is 30.7 Å². The lowest BCUT2D eigenvalue weighted by molar-refractivity contribution is 0.0945. The number of sulfonamides is 1. The van der Waals surface area contributed by atoms with E-state index in [1.165, 1.54) is 12.1 Å². The Morgan fingerprint density at radius 3 is 2.59 bits per heavy atom. The molecule has 3 rings (SSSR count). The average Bonchev–Trinajstić information content (AvgIpc) is 3.25. The van der Waals surface area contributed by atoms with Crippen LogP contribution in [0.5, 0.6) is 0 Å². The highest BCUT2D eigenvalue weighted by atomic mass is 32.2. The Bertz CT molecular complexity index is 936. The van der Waals surface area contributed by atoms with Crippen molar-refractivity contribution in [2.24, 2.45) is 0 Å². The molecule has 0 spiro atoms. The Labute approximate surface area is 172 Å². The summed E-state index contributed by atoms with van der Waals surface area (Å²) in [5.74, 6) is -0.301. The first-order chi connectivity index (χ1) is 13.8. The number of ether oxygens (including phenoxy) is 1. The molecule has 0 radical (unpaired) electrons. The van der Waals surface area contributed by atoms with Crippen LogP contribution >= 0.6 is 0 Å². The van der Waals surface area contributed by atoms with Gasteiger partial charge in [-0.25, -0.2) is 13.1 Å². The number of carbonyl (C=O) groups excluding carboxylic acids is 1. The quantitative estimate of drug-likeness (QED) is 0.693. The average molecular weight is 417 g/mol. The molecule has 2 N–H and O–H groups in total. The maximum atomic E-state index is 12.6. The first-order valence-electron chi connectivity index (χ1n) is 9.83. The zero-order chi connectivity index (χ0) is 20.9. The molecular weight excluding hydrogens is 388 g/mol. The number of benzene rings is 2. The van der Waals surface area contributed by atoms with Gasteiger partial charge in [0.1, 0.15) is 0 Å². The van der Waals surface area contributed by atoms with Gasteiger partial charge in [0.15, 0.2) is 0 Å². The topological polar surface area (TPSA) is 84.5 Å². The molecule has 0 saturated carbocycles. The van der Waals surface area contributed by atoms with E-state index in [1.54, 1.807) is 12.1 Å². The molecule has 0 aromatic heterocycles. The second-order valence-electron chi connectivity index (χ2n) is 7.95. The van der Waals surface area contributed by atoms with Crippen LogP contribution in [0.15, 0.2) is 59.5 Å². The Kier molecular flexibility index (Phi) is 6.72. The molecule has 1 unspecified atom stereocenters. The molecule has 2 aromatic rings. The Hall–Kier alpha value is -2.22. The highest BCUT2D eigenvalue weighted by molar-refractivity contribution is 7.89. The van der Waals surface area contributed by atoms with Crippen LogP contribution in [0, 0.1) is 0 Å². The van der Waals surface area contributed by atoms with Crippen LogP contribution < -0.4 is 10.0 Å². The fourth-order valence-corrected chi connectivity index (χ4v) is 4.40. The van der Waals surface area contributed by atoms with Gasteiger partial charge in [0.2, 0.25) is 10.0 Å². The second-order valence-corrected chi connectivity index (χ2v) is 9.71. The van der Waals surface area contributed by atoms with Gasteiger partial charge in [-0.1, -0.05) is 50.2 Å². The summed E-state index contributed by atoms with van der Waals surface area (Å²) < 4.78 is 33.2. The highest BCUT2D eigenvalue weighted by Gasteiger charge is 2.23.